The number of hydrogen-bond donors (Lipinski definition) is 1. The molecule has 1 heterocycles. The van der Waals surface area contributed by atoms with Crippen LogP contribution in [0, 0.1) is 17.2 Å². The van der Waals surface area contributed by atoms with E-state index in [2.05, 4.69) is 12.2 Å². The summed E-state index contributed by atoms with van der Waals surface area (Å²) in [5.74, 6) is -0.130. The van der Waals surface area contributed by atoms with Gasteiger partial charge < -0.3 is 10.2 Å². The number of nitrogens with one attached hydrogen (secondary N) is 1. The molecule has 0 unspecified atom stereocenters. The first-order chi connectivity index (χ1) is 10.5. The lowest BCUT2D eigenvalue weighted by Gasteiger charge is -2.32. The van der Waals surface area contributed by atoms with Gasteiger partial charge in [0.1, 0.15) is 11.2 Å². The van der Waals surface area contributed by atoms with Crippen molar-refractivity contribution in [2.45, 2.75) is 32.6 Å². The van der Waals surface area contributed by atoms with Gasteiger partial charge in [0.15, 0.2) is 0 Å². The summed E-state index contributed by atoms with van der Waals surface area (Å²) in [6, 6.07) is 5.76. The zero-order chi connectivity index (χ0) is 15.7. The van der Waals surface area contributed by atoms with E-state index in [4.69, 9.17) is 0 Å². The first-order valence-electron chi connectivity index (χ1n) is 7.88. The van der Waals surface area contributed by atoms with Gasteiger partial charge in [-0.25, -0.2) is 4.39 Å². The number of carbonyl (C=O) groups excluding carboxylic acids is 2. The fourth-order valence-corrected chi connectivity index (χ4v) is 2.99. The van der Waals surface area contributed by atoms with Gasteiger partial charge in [-0.15, -0.1) is 0 Å². The highest BCUT2D eigenvalue weighted by atomic mass is 19.1. The molecule has 5 heteroatoms. The van der Waals surface area contributed by atoms with Crippen LogP contribution >= 0.6 is 0 Å². The average Bonchev–Trinajstić information content (AvgIpc) is 3.29. The van der Waals surface area contributed by atoms with E-state index < -0.39 is 11.2 Å². The lowest BCUT2D eigenvalue weighted by molar-refractivity contribution is -0.143. The van der Waals surface area contributed by atoms with Gasteiger partial charge in [0, 0.05) is 18.8 Å². The molecule has 0 spiro atoms. The van der Waals surface area contributed by atoms with Crippen LogP contribution in [0.1, 0.15) is 32.6 Å². The molecule has 1 saturated heterocycles. The number of benzene rings is 1. The number of likely N-dealkylation sites (tertiary alicyclic amines) is 1. The van der Waals surface area contributed by atoms with E-state index in [9.17, 15) is 14.0 Å². The van der Waals surface area contributed by atoms with Gasteiger partial charge in [-0.3, -0.25) is 9.59 Å². The number of rotatable bonds is 3. The molecule has 2 aliphatic rings. The third-order valence-corrected chi connectivity index (χ3v) is 4.75. The summed E-state index contributed by atoms with van der Waals surface area (Å²) >= 11 is 0. The number of hydrogen-bond acceptors (Lipinski definition) is 2. The first-order valence-corrected chi connectivity index (χ1v) is 7.88. The minimum absolute atomic E-state index is 0.0618. The van der Waals surface area contributed by atoms with Gasteiger partial charge in [0.05, 0.1) is 0 Å². The molecule has 4 nitrogen and oxygen atoms in total. The summed E-state index contributed by atoms with van der Waals surface area (Å²) < 4.78 is 13.2. The number of anilines is 1. The van der Waals surface area contributed by atoms with Crippen LogP contribution in [0.4, 0.5) is 10.1 Å². The third-order valence-electron chi connectivity index (χ3n) is 4.75. The monoisotopic (exact) mass is 304 g/mol. The largest absolute Gasteiger partial charge is 0.342 e. The zero-order valence-corrected chi connectivity index (χ0v) is 12.8. The zero-order valence-electron chi connectivity index (χ0n) is 12.8. The number of nitrogens with zero attached hydrogens (tertiary/aromatic N) is 1. The van der Waals surface area contributed by atoms with Crippen molar-refractivity contribution in [3.63, 3.8) is 0 Å². The Labute approximate surface area is 129 Å². The van der Waals surface area contributed by atoms with E-state index in [0.717, 1.165) is 25.9 Å². The molecule has 1 saturated carbocycles. The van der Waals surface area contributed by atoms with E-state index in [-0.39, 0.29) is 11.8 Å². The lowest BCUT2D eigenvalue weighted by Crippen LogP contribution is -2.46. The highest BCUT2D eigenvalue weighted by Gasteiger charge is 2.58. The molecule has 3 rings (SSSR count). The number of carbonyl (C=O) groups is 2. The van der Waals surface area contributed by atoms with Crippen molar-refractivity contribution >= 4 is 17.5 Å². The topological polar surface area (TPSA) is 49.4 Å². The number of piperidine rings is 1. The molecule has 0 atom stereocenters. The summed E-state index contributed by atoms with van der Waals surface area (Å²) in [5.41, 5.74) is -0.524. The molecule has 1 aromatic rings. The van der Waals surface area contributed by atoms with Crippen LogP contribution in [-0.2, 0) is 9.59 Å². The van der Waals surface area contributed by atoms with Crippen LogP contribution in [0.25, 0.3) is 0 Å². The molecule has 118 valence electrons. The predicted molar refractivity (Wildman–Crippen MR) is 81.7 cm³/mol. The summed E-state index contributed by atoms with van der Waals surface area (Å²) in [6.45, 7) is 3.65. The van der Waals surface area contributed by atoms with E-state index in [1.165, 1.54) is 12.1 Å². The SMILES string of the molecule is CC1CCN(C(=O)C2(C(=O)Nc3cccc(F)c3)CC2)CC1. The summed E-state index contributed by atoms with van der Waals surface area (Å²) in [7, 11) is 0. The Morgan fingerprint density at radius 1 is 1.27 bits per heavy atom. The maximum atomic E-state index is 13.2. The fraction of sp³-hybridized carbons (Fsp3) is 0.529. The van der Waals surface area contributed by atoms with Crippen molar-refractivity contribution < 1.29 is 14.0 Å². The second-order valence-electron chi connectivity index (χ2n) is 6.52. The Hall–Kier alpha value is -1.91. The van der Waals surface area contributed by atoms with Crippen LogP contribution in [0.15, 0.2) is 24.3 Å². The Kier molecular flexibility index (Phi) is 3.89. The van der Waals surface area contributed by atoms with Gasteiger partial charge in [-0.05, 0) is 49.8 Å². The summed E-state index contributed by atoms with van der Waals surface area (Å²) in [6.07, 6.45) is 3.15. The van der Waals surface area contributed by atoms with Crippen LogP contribution < -0.4 is 5.32 Å². The minimum Gasteiger partial charge on any atom is -0.342 e. The van der Waals surface area contributed by atoms with Crippen molar-refractivity contribution in [3.8, 4) is 0 Å². The highest BCUT2D eigenvalue weighted by molar-refractivity contribution is 6.13. The van der Waals surface area contributed by atoms with E-state index >= 15 is 0 Å². The molecule has 1 N–H and O–H groups in total. The van der Waals surface area contributed by atoms with Crippen LogP contribution in [0.2, 0.25) is 0 Å². The highest BCUT2D eigenvalue weighted by Crippen LogP contribution is 2.48. The third kappa shape index (κ3) is 2.85. The maximum absolute atomic E-state index is 13.2. The predicted octanol–water partition coefficient (Wildman–Crippen LogP) is 2.80. The van der Waals surface area contributed by atoms with Crippen LogP contribution in [0.3, 0.4) is 0 Å². The molecule has 2 fully saturated rings. The number of amides is 2. The van der Waals surface area contributed by atoms with Crippen molar-refractivity contribution in [1.29, 1.82) is 0 Å². The summed E-state index contributed by atoms with van der Waals surface area (Å²) in [4.78, 5) is 27.0. The Morgan fingerprint density at radius 2 is 1.95 bits per heavy atom. The van der Waals surface area contributed by atoms with Crippen molar-refractivity contribution in [2.75, 3.05) is 18.4 Å². The smallest absolute Gasteiger partial charge is 0.240 e. The van der Waals surface area contributed by atoms with Gasteiger partial charge in [-0.1, -0.05) is 13.0 Å². The summed E-state index contributed by atoms with van der Waals surface area (Å²) in [5, 5.41) is 2.69. The van der Waals surface area contributed by atoms with Gasteiger partial charge >= 0.3 is 0 Å². The van der Waals surface area contributed by atoms with Gasteiger partial charge in [-0.2, -0.15) is 0 Å². The lowest BCUT2D eigenvalue weighted by atomic mass is 9.96. The van der Waals surface area contributed by atoms with Gasteiger partial charge in [0.2, 0.25) is 11.8 Å². The molecular formula is C17H21FN2O2. The minimum atomic E-state index is -0.924. The van der Waals surface area contributed by atoms with Gasteiger partial charge in [0.25, 0.3) is 0 Å². The molecule has 1 aliphatic heterocycles. The Morgan fingerprint density at radius 3 is 2.55 bits per heavy atom. The Balaban J connectivity index is 1.67. The molecule has 2 amide bonds. The van der Waals surface area contributed by atoms with Crippen LogP contribution in [-0.4, -0.2) is 29.8 Å². The molecule has 0 aromatic heterocycles. The maximum Gasteiger partial charge on any atom is 0.240 e. The normalized spacial score (nSPS) is 20.5. The van der Waals surface area contributed by atoms with Crippen LogP contribution in [0.5, 0.6) is 0 Å². The molecule has 22 heavy (non-hydrogen) atoms. The number of halogens is 1. The van der Waals surface area contributed by atoms with Crippen molar-refractivity contribution in [3.05, 3.63) is 30.1 Å². The van der Waals surface area contributed by atoms with E-state index in [1.54, 1.807) is 12.1 Å². The average molecular weight is 304 g/mol. The standard InChI is InChI=1S/C17H21FN2O2/c1-12-5-9-20(10-6-12)16(22)17(7-8-17)15(21)19-14-4-2-3-13(18)11-14/h2-4,11-12H,5-10H2,1H3,(H,19,21). The molecule has 0 bridgehead atoms. The fourth-order valence-electron chi connectivity index (χ4n) is 2.99. The van der Waals surface area contributed by atoms with Crippen molar-refractivity contribution in [2.24, 2.45) is 11.3 Å². The molecular weight excluding hydrogens is 283 g/mol. The molecule has 1 aromatic carbocycles. The van der Waals surface area contributed by atoms with E-state index in [0.29, 0.717) is 24.4 Å². The van der Waals surface area contributed by atoms with Crippen molar-refractivity contribution in [1.82, 2.24) is 4.90 Å². The second-order valence-corrected chi connectivity index (χ2v) is 6.52. The molecule has 0 radical (unpaired) electrons. The first kappa shape index (κ1) is 15.0. The second kappa shape index (κ2) is 5.71. The quantitative estimate of drug-likeness (QED) is 0.873. The Bertz CT molecular complexity index is 590. The molecule has 1 aliphatic carbocycles. The van der Waals surface area contributed by atoms with E-state index in [1.807, 2.05) is 4.90 Å².